The lowest BCUT2D eigenvalue weighted by Crippen LogP contribution is -2.06. The summed E-state index contributed by atoms with van der Waals surface area (Å²) in [6.45, 7) is 3.62. The quantitative estimate of drug-likeness (QED) is 0.697. The molecule has 0 aliphatic carbocycles. The third kappa shape index (κ3) is 3.73. The van der Waals surface area contributed by atoms with Crippen LogP contribution in [0, 0.1) is 0 Å². The summed E-state index contributed by atoms with van der Waals surface area (Å²) in [6, 6.07) is 1.41. The van der Waals surface area contributed by atoms with Crippen molar-refractivity contribution in [2.75, 3.05) is 19.8 Å². The number of carbonyl (C=O) groups is 1. The summed E-state index contributed by atoms with van der Waals surface area (Å²) < 4.78 is 15.2. The van der Waals surface area contributed by atoms with E-state index in [9.17, 15) is 4.79 Å². The van der Waals surface area contributed by atoms with Crippen LogP contribution >= 0.6 is 0 Å². The number of hydrogen-bond acceptors (Lipinski definition) is 4. The number of aromatic carboxylic acids is 1. The Morgan fingerprint density at radius 2 is 2.20 bits per heavy atom. The second-order valence-electron chi connectivity index (χ2n) is 2.81. The van der Waals surface area contributed by atoms with E-state index in [1.807, 2.05) is 6.92 Å². The molecule has 84 valence electrons. The van der Waals surface area contributed by atoms with E-state index in [-0.39, 0.29) is 12.2 Å². The Hall–Kier alpha value is -1.33. The smallest absolute Gasteiger partial charge is 0.339 e. The maximum atomic E-state index is 10.7. The Bertz CT molecular complexity index is 305. The van der Waals surface area contributed by atoms with Crippen LogP contribution in [0.5, 0.6) is 0 Å². The van der Waals surface area contributed by atoms with Crippen molar-refractivity contribution in [2.45, 2.75) is 13.5 Å². The van der Waals surface area contributed by atoms with E-state index in [2.05, 4.69) is 0 Å². The normalized spacial score (nSPS) is 10.5. The maximum Gasteiger partial charge on any atom is 0.339 e. The molecule has 1 heterocycles. The third-order valence-electron chi connectivity index (χ3n) is 1.79. The highest BCUT2D eigenvalue weighted by atomic mass is 16.5. The van der Waals surface area contributed by atoms with Crippen LogP contribution in [0.3, 0.4) is 0 Å². The van der Waals surface area contributed by atoms with E-state index < -0.39 is 5.97 Å². The molecule has 1 rings (SSSR count). The van der Waals surface area contributed by atoms with Crippen LogP contribution in [-0.4, -0.2) is 30.9 Å². The van der Waals surface area contributed by atoms with E-state index in [1.165, 1.54) is 12.3 Å². The number of rotatable bonds is 7. The molecule has 0 aromatic carbocycles. The SMILES string of the molecule is CCOCCOCc1occc1C(=O)O. The zero-order valence-electron chi connectivity index (χ0n) is 8.56. The second-order valence-corrected chi connectivity index (χ2v) is 2.81. The highest BCUT2D eigenvalue weighted by Gasteiger charge is 2.12. The van der Waals surface area contributed by atoms with Gasteiger partial charge in [0.05, 0.1) is 19.5 Å². The minimum Gasteiger partial charge on any atom is -0.478 e. The van der Waals surface area contributed by atoms with Gasteiger partial charge < -0.3 is 19.0 Å². The molecular weight excluding hydrogens is 200 g/mol. The minimum atomic E-state index is -1.01. The number of hydrogen-bond donors (Lipinski definition) is 1. The molecule has 0 fully saturated rings. The van der Waals surface area contributed by atoms with Gasteiger partial charge in [-0.25, -0.2) is 4.79 Å². The van der Waals surface area contributed by atoms with Gasteiger partial charge in [-0.05, 0) is 13.0 Å². The first-order chi connectivity index (χ1) is 7.25. The molecule has 0 amide bonds. The number of carboxylic acids is 1. The van der Waals surface area contributed by atoms with Gasteiger partial charge in [0.2, 0.25) is 0 Å². The standard InChI is InChI=1S/C10H14O5/c1-2-13-5-6-14-7-9-8(10(11)12)3-4-15-9/h3-4H,2,5-7H2,1H3,(H,11,12). The van der Waals surface area contributed by atoms with Crippen LogP contribution < -0.4 is 0 Å². The number of carboxylic acid groups (broad SMARTS) is 1. The van der Waals surface area contributed by atoms with Crippen molar-refractivity contribution in [2.24, 2.45) is 0 Å². The second kappa shape index (κ2) is 6.21. The lowest BCUT2D eigenvalue weighted by Gasteiger charge is -2.02. The summed E-state index contributed by atoms with van der Waals surface area (Å²) >= 11 is 0. The largest absolute Gasteiger partial charge is 0.478 e. The van der Waals surface area contributed by atoms with E-state index in [1.54, 1.807) is 0 Å². The Labute approximate surface area is 87.6 Å². The molecule has 15 heavy (non-hydrogen) atoms. The van der Waals surface area contributed by atoms with Crippen molar-refractivity contribution in [3.8, 4) is 0 Å². The van der Waals surface area contributed by atoms with E-state index in [4.69, 9.17) is 19.0 Å². The summed E-state index contributed by atoms with van der Waals surface area (Å²) in [5.41, 5.74) is 0.145. The summed E-state index contributed by atoms with van der Waals surface area (Å²) in [4.78, 5) is 10.7. The molecule has 0 bridgehead atoms. The molecule has 0 saturated heterocycles. The third-order valence-corrected chi connectivity index (χ3v) is 1.79. The molecule has 1 aromatic heterocycles. The van der Waals surface area contributed by atoms with Crippen molar-refractivity contribution < 1.29 is 23.8 Å². The predicted octanol–water partition coefficient (Wildman–Crippen LogP) is 1.53. The highest BCUT2D eigenvalue weighted by molar-refractivity contribution is 5.88. The van der Waals surface area contributed by atoms with Crippen LogP contribution in [0.1, 0.15) is 23.0 Å². The number of furan rings is 1. The van der Waals surface area contributed by atoms with Gasteiger partial charge >= 0.3 is 5.97 Å². The van der Waals surface area contributed by atoms with E-state index >= 15 is 0 Å². The van der Waals surface area contributed by atoms with Crippen molar-refractivity contribution >= 4 is 5.97 Å². The Morgan fingerprint density at radius 1 is 1.47 bits per heavy atom. The Morgan fingerprint density at radius 3 is 2.87 bits per heavy atom. The van der Waals surface area contributed by atoms with Crippen LogP contribution in [0.25, 0.3) is 0 Å². The van der Waals surface area contributed by atoms with Gasteiger partial charge in [-0.1, -0.05) is 0 Å². The van der Waals surface area contributed by atoms with Gasteiger partial charge in [0.15, 0.2) is 0 Å². The minimum absolute atomic E-state index is 0.145. The summed E-state index contributed by atoms with van der Waals surface area (Å²) in [5.74, 6) is -0.675. The lowest BCUT2D eigenvalue weighted by molar-refractivity contribution is 0.0380. The molecule has 0 unspecified atom stereocenters. The first-order valence-corrected chi connectivity index (χ1v) is 4.70. The van der Waals surface area contributed by atoms with Crippen molar-refractivity contribution in [1.82, 2.24) is 0 Å². The van der Waals surface area contributed by atoms with Crippen LogP contribution in [-0.2, 0) is 16.1 Å². The van der Waals surface area contributed by atoms with Gasteiger partial charge in [-0.2, -0.15) is 0 Å². The number of ether oxygens (including phenoxy) is 2. The van der Waals surface area contributed by atoms with Gasteiger partial charge in [-0.15, -0.1) is 0 Å². The lowest BCUT2D eigenvalue weighted by atomic mass is 10.2. The average Bonchev–Trinajstić information content (AvgIpc) is 2.66. The van der Waals surface area contributed by atoms with Gasteiger partial charge in [0, 0.05) is 6.61 Å². The molecule has 0 aliphatic heterocycles. The molecule has 5 heteroatoms. The zero-order chi connectivity index (χ0) is 11.1. The highest BCUT2D eigenvalue weighted by Crippen LogP contribution is 2.11. The average molecular weight is 214 g/mol. The summed E-state index contributed by atoms with van der Waals surface area (Å²) in [6.07, 6.45) is 1.34. The van der Waals surface area contributed by atoms with Gasteiger partial charge in [-0.3, -0.25) is 0 Å². The molecule has 0 atom stereocenters. The molecule has 0 radical (unpaired) electrons. The fourth-order valence-electron chi connectivity index (χ4n) is 1.07. The first kappa shape index (κ1) is 11.7. The van der Waals surface area contributed by atoms with Crippen LogP contribution in [0.2, 0.25) is 0 Å². The van der Waals surface area contributed by atoms with Crippen LogP contribution in [0.4, 0.5) is 0 Å². The van der Waals surface area contributed by atoms with E-state index in [0.717, 1.165) is 0 Å². The molecule has 0 spiro atoms. The first-order valence-electron chi connectivity index (χ1n) is 4.70. The molecule has 1 aromatic rings. The van der Waals surface area contributed by atoms with Crippen molar-refractivity contribution in [3.05, 3.63) is 23.7 Å². The van der Waals surface area contributed by atoms with E-state index in [0.29, 0.717) is 25.6 Å². The Kier molecular flexibility index (Phi) is 4.86. The molecule has 1 N–H and O–H groups in total. The summed E-state index contributed by atoms with van der Waals surface area (Å²) in [7, 11) is 0. The predicted molar refractivity (Wildman–Crippen MR) is 51.8 cm³/mol. The fourth-order valence-corrected chi connectivity index (χ4v) is 1.07. The zero-order valence-corrected chi connectivity index (χ0v) is 8.56. The van der Waals surface area contributed by atoms with Gasteiger partial charge in [0.1, 0.15) is 17.9 Å². The Balaban J connectivity index is 2.31. The van der Waals surface area contributed by atoms with Crippen molar-refractivity contribution in [3.63, 3.8) is 0 Å². The van der Waals surface area contributed by atoms with Gasteiger partial charge in [0.25, 0.3) is 0 Å². The monoisotopic (exact) mass is 214 g/mol. The molecule has 0 saturated carbocycles. The molecular formula is C10H14O5. The van der Waals surface area contributed by atoms with Crippen molar-refractivity contribution in [1.29, 1.82) is 0 Å². The topological polar surface area (TPSA) is 68.9 Å². The maximum absolute atomic E-state index is 10.7. The van der Waals surface area contributed by atoms with Crippen LogP contribution in [0.15, 0.2) is 16.7 Å². The molecule has 0 aliphatic rings. The molecule has 5 nitrogen and oxygen atoms in total. The summed E-state index contributed by atoms with van der Waals surface area (Å²) in [5, 5.41) is 8.76. The fraction of sp³-hybridized carbons (Fsp3) is 0.500.